The molecule has 2 heterocycles. The maximum Gasteiger partial charge on any atom is 0.257 e. The molecule has 1 saturated heterocycles. The first kappa shape index (κ1) is 18.0. The summed E-state index contributed by atoms with van der Waals surface area (Å²) in [5.74, 6) is 0.563. The minimum Gasteiger partial charge on any atom is -0.469 e. The van der Waals surface area contributed by atoms with E-state index in [0.29, 0.717) is 24.4 Å². The van der Waals surface area contributed by atoms with Gasteiger partial charge in [0.25, 0.3) is 5.91 Å². The summed E-state index contributed by atoms with van der Waals surface area (Å²) in [6.45, 7) is 3.04. The number of hydrogen-bond donors (Lipinski definition) is 2. The van der Waals surface area contributed by atoms with E-state index in [9.17, 15) is 14.7 Å². The van der Waals surface area contributed by atoms with Crippen molar-refractivity contribution in [3.05, 3.63) is 23.7 Å². The summed E-state index contributed by atoms with van der Waals surface area (Å²) < 4.78 is 5.20. The molecule has 1 saturated carbocycles. The smallest absolute Gasteiger partial charge is 0.257 e. The monoisotopic (exact) mass is 348 g/mol. The maximum atomic E-state index is 12.5. The van der Waals surface area contributed by atoms with Crippen LogP contribution in [0.4, 0.5) is 0 Å². The highest BCUT2D eigenvalue weighted by molar-refractivity contribution is 5.95. The van der Waals surface area contributed by atoms with E-state index >= 15 is 0 Å². The average molecular weight is 348 g/mol. The molecule has 138 valence electrons. The number of carbonyl (C=O) groups excluding carboxylic acids is 2. The van der Waals surface area contributed by atoms with Gasteiger partial charge >= 0.3 is 0 Å². The number of hydrogen-bond acceptors (Lipinski definition) is 4. The predicted molar refractivity (Wildman–Crippen MR) is 93.2 cm³/mol. The van der Waals surface area contributed by atoms with E-state index in [2.05, 4.69) is 5.32 Å². The van der Waals surface area contributed by atoms with E-state index in [-0.39, 0.29) is 24.3 Å². The van der Waals surface area contributed by atoms with E-state index in [4.69, 9.17) is 4.42 Å². The highest BCUT2D eigenvalue weighted by atomic mass is 16.3. The number of piperidine rings is 1. The van der Waals surface area contributed by atoms with Crippen LogP contribution in [0.15, 0.2) is 16.7 Å². The molecule has 6 heteroatoms. The molecular weight excluding hydrogens is 320 g/mol. The normalized spacial score (nSPS) is 21.1. The number of nitrogens with one attached hydrogen (secondary N) is 1. The third-order valence-electron chi connectivity index (χ3n) is 5.51. The minimum absolute atomic E-state index is 0.00690. The van der Waals surface area contributed by atoms with E-state index in [1.165, 1.54) is 6.26 Å². The lowest BCUT2D eigenvalue weighted by atomic mass is 9.82. The lowest BCUT2D eigenvalue weighted by Gasteiger charge is -2.34. The van der Waals surface area contributed by atoms with E-state index in [0.717, 1.165) is 44.9 Å². The molecule has 0 aromatic carbocycles. The van der Waals surface area contributed by atoms with Gasteiger partial charge in [-0.05, 0) is 38.7 Å². The summed E-state index contributed by atoms with van der Waals surface area (Å²) in [4.78, 5) is 26.5. The molecule has 0 bridgehead atoms. The van der Waals surface area contributed by atoms with Crippen LogP contribution in [-0.2, 0) is 4.79 Å². The Kier molecular flexibility index (Phi) is 5.47. The quantitative estimate of drug-likeness (QED) is 0.875. The molecule has 2 N–H and O–H groups in total. The summed E-state index contributed by atoms with van der Waals surface area (Å²) >= 11 is 0. The van der Waals surface area contributed by atoms with Crippen LogP contribution in [0.25, 0.3) is 0 Å². The van der Waals surface area contributed by atoms with Gasteiger partial charge in [0.2, 0.25) is 5.91 Å². The second kappa shape index (κ2) is 7.60. The molecule has 0 radical (unpaired) electrons. The molecule has 2 fully saturated rings. The van der Waals surface area contributed by atoms with Crippen molar-refractivity contribution in [2.45, 2.75) is 69.9 Å². The van der Waals surface area contributed by atoms with Gasteiger partial charge in [-0.3, -0.25) is 9.59 Å². The summed E-state index contributed by atoms with van der Waals surface area (Å²) in [5.41, 5.74) is -0.209. The van der Waals surface area contributed by atoms with Crippen molar-refractivity contribution in [1.29, 1.82) is 0 Å². The van der Waals surface area contributed by atoms with Gasteiger partial charge in [-0.25, -0.2) is 0 Å². The van der Waals surface area contributed by atoms with E-state index in [1.807, 2.05) is 4.90 Å². The number of furan rings is 1. The second-order valence-corrected chi connectivity index (χ2v) is 7.49. The van der Waals surface area contributed by atoms with Gasteiger partial charge in [-0.2, -0.15) is 0 Å². The predicted octanol–water partition coefficient (Wildman–Crippen LogP) is 2.39. The van der Waals surface area contributed by atoms with Crippen molar-refractivity contribution >= 4 is 11.8 Å². The Morgan fingerprint density at radius 3 is 2.56 bits per heavy atom. The molecule has 1 aliphatic heterocycles. The van der Waals surface area contributed by atoms with Crippen LogP contribution in [0, 0.1) is 6.92 Å². The van der Waals surface area contributed by atoms with Crippen LogP contribution in [0.1, 0.15) is 67.5 Å². The number of aliphatic hydroxyl groups is 1. The first-order chi connectivity index (χ1) is 12.0. The van der Waals surface area contributed by atoms with Gasteiger partial charge in [0.05, 0.1) is 23.8 Å². The first-order valence-corrected chi connectivity index (χ1v) is 9.32. The molecule has 1 aliphatic carbocycles. The molecule has 0 spiro atoms. The van der Waals surface area contributed by atoms with Crippen molar-refractivity contribution in [2.75, 3.05) is 13.1 Å². The Hall–Kier alpha value is -1.82. The number of nitrogens with zero attached hydrogens (tertiary/aromatic N) is 1. The van der Waals surface area contributed by atoms with Crippen molar-refractivity contribution in [1.82, 2.24) is 10.2 Å². The molecule has 1 aromatic heterocycles. The highest BCUT2D eigenvalue weighted by Gasteiger charge is 2.33. The van der Waals surface area contributed by atoms with Gasteiger partial charge < -0.3 is 19.7 Å². The van der Waals surface area contributed by atoms with Crippen molar-refractivity contribution < 1.29 is 19.1 Å². The van der Waals surface area contributed by atoms with E-state index in [1.54, 1.807) is 13.0 Å². The molecule has 0 unspecified atom stereocenters. The molecule has 2 amide bonds. The Labute approximate surface area is 148 Å². The lowest BCUT2D eigenvalue weighted by molar-refractivity contribution is -0.128. The lowest BCUT2D eigenvalue weighted by Crippen LogP contribution is -2.48. The third kappa shape index (κ3) is 4.42. The van der Waals surface area contributed by atoms with E-state index < -0.39 is 5.60 Å². The van der Waals surface area contributed by atoms with Gasteiger partial charge in [0.1, 0.15) is 5.76 Å². The zero-order chi connectivity index (χ0) is 17.9. The Morgan fingerprint density at radius 1 is 1.28 bits per heavy atom. The second-order valence-electron chi connectivity index (χ2n) is 7.49. The molecular formula is C19H28N2O4. The highest BCUT2D eigenvalue weighted by Crippen LogP contribution is 2.30. The van der Waals surface area contributed by atoms with Crippen molar-refractivity contribution in [2.24, 2.45) is 0 Å². The Bertz CT molecular complexity index is 611. The summed E-state index contributed by atoms with van der Waals surface area (Å²) in [6, 6.07) is 1.78. The summed E-state index contributed by atoms with van der Waals surface area (Å²) in [5, 5.41) is 13.5. The zero-order valence-corrected chi connectivity index (χ0v) is 14.9. The minimum atomic E-state index is -0.822. The van der Waals surface area contributed by atoms with Crippen LogP contribution < -0.4 is 5.32 Å². The largest absolute Gasteiger partial charge is 0.469 e. The SMILES string of the molecule is Cc1occc1C(=O)N1CCC(NC(=O)CC2(O)CCCCC2)CC1. The van der Waals surface area contributed by atoms with Crippen molar-refractivity contribution in [3.8, 4) is 0 Å². The zero-order valence-electron chi connectivity index (χ0n) is 14.9. The number of aryl methyl sites for hydroxylation is 1. The van der Waals surface area contributed by atoms with Crippen molar-refractivity contribution in [3.63, 3.8) is 0 Å². The first-order valence-electron chi connectivity index (χ1n) is 9.32. The molecule has 6 nitrogen and oxygen atoms in total. The van der Waals surface area contributed by atoms with Gasteiger partial charge in [-0.1, -0.05) is 19.3 Å². The van der Waals surface area contributed by atoms with Crippen LogP contribution >= 0.6 is 0 Å². The molecule has 3 rings (SSSR count). The fraction of sp³-hybridized carbons (Fsp3) is 0.684. The Balaban J connectivity index is 1.45. The number of carbonyl (C=O) groups is 2. The average Bonchev–Trinajstić information content (AvgIpc) is 3.01. The number of amides is 2. The summed E-state index contributed by atoms with van der Waals surface area (Å²) in [6.07, 6.45) is 7.79. The van der Waals surface area contributed by atoms with Crippen LogP contribution in [0.5, 0.6) is 0 Å². The molecule has 1 aromatic rings. The van der Waals surface area contributed by atoms with Crippen LogP contribution in [-0.4, -0.2) is 46.6 Å². The number of likely N-dealkylation sites (tertiary alicyclic amines) is 1. The third-order valence-corrected chi connectivity index (χ3v) is 5.51. The van der Waals surface area contributed by atoms with Gasteiger partial charge in [0, 0.05) is 19.1 Å². The fourth-order valence-electron chi connectivity index (χ4n) is 3.97. The Morgan fingerprint density at radius 2 is 1.96 bits per heavy atom. The maximum absolute atomic E-state index is 12.5. The topological polar surface area (TPSA) is 82.8 Å². The summed E-state index contributed by atoms with van der Waals surface area (Å²) in [7, 11) is 0. The van der Waals surface area contributed by atoms with Gasteiger partial charge in [-0.15, -0.1) is 0 Å². The van der Waals surface area contributed by atoms with Gasteiger partial charge in [0.15, 0.2) is 0 Å². The number of rotatable bonds is 4. The molecule has 2 aliphatic rings. The fourth-order valence-corrected chi connectivity index (χ4v) is 3.97. The van der Waals surface area contributed by atoms with Crippen LogP contribution in [0.2, 0.25) is 0 Å². The standard InChI is InChI=1S/C19H28N2O4/c1-14-16(7-12-25-14)18(23)21-10-5-15(6-11-21)20-17(22)13-19(24)8-3-2-4-9-19/h7,12,15,24H,2-6,8-11,13H2,1H3,(H,20,22). The molecule has 25 heavy (non-hydrogen) atoms. The van der Waals surface area contributed by atoms with Crippen LogP contribution in [0.3, 0.4) is 0 Å². The molecule has 0 atom stereocenters.